The number of carbonyl (C=O) groups excluding carboxylic acids is 1. The van der Waals surface area contributed by atoms with Gasteiger partial charge in [0.1, 0.15) is 17.5 Å². The molecule has 8 heteroatoms. The number of aryl methyl sites for hydroxylation is 1. The maximum atomic E-state index is 13.8. The van der Waals surface area contributed by atoms with Gasteiger partial charge in [-0.15, -0.1) is 0 Å². The van der Waals surface area contributed by atoms with Crippen molar-refractivity contribution in [3.05, 3.63) is 77.8 Å². The van der Waals surface area contributed by atoms with Crippen LogP contribution in [0.4, 0.5) is 13.2 Å². The Morgan fingerprint density at radius 1 is 1.17 bits per heavy atom. The van der Waals surface area contributed by atoms with Crippen molar-refractivity contribution in [2.75, 3.05) is 0 Å². The number of amides is 1. The van der Waals surface area contributed by atoms with Gasteiger partial charge in [0, 0.05) is 37.0 Å². The zero-order chi connectivity index (χ0) is 21.3. The van der Waals surface area contributed by atoms with Gasteiger partial charge in [-0.2, -0.15) is 10.2 Å². The van der Waals surface area contributed by atoms with Gasteiger partial charge in [-0.05, 0) is 42.7 Å². The van der Waals surface area contributed by atoms with Gasteiger partial charge in [0.25, 0.3) is 5.91 Å². The van der Waals surface area contributed by atoms with Gasteiger partial charge in [-0.3, -0.25) is 9.48 Å². The van der Waals surface area contributed by atoms with Crippen molar-refractivity contribution in [3.8, 4) is 0 Å². The molecule has 0 N–H and O–H groups in total. The number of hydrogen-bond donors (Lipinski definition) is 0. The van der Waals surface area contributed by atoms with Gasteiger partial charge in [0.15, 0.2) is 0 Å². The summed E-state index contributed by atoms with van der Waals surface area (Å²) in [6, 6.07) is 7.34. The summed E-state index contributed by atoms with van der Waals surface area (Å²) >= 11 is 0. The molecule has 2 heterocycles. The standard InChI is InChI=1S/C22H19F3N4O/c1-14(4-3-9-28-13-18-19(25)5-2-6-20(18)27-28)22(30)29-21(7-8-26-29)15-10-16(23)12-17(24)11-15/h2,5-6,8,10-13,21H,1,3-4,7,9H2. The van der Waals surface area contributed by atoms with Crippen molar-refractivity contribution < 1.29 is 18.0 Å². The highest BCUT2D eigenvalue weighted by Gasteiger charge is 2.30. The van der Waals surface area contributed by atoms with E-state index in [2.05, 4.69) is 16.8 Å². The second-order valence-electron chi connectivity index (χ2n) is 7.17. The summed E-state index contributed by atoms with van der Waals surface area (Å²) in [4.78, 5) is 12.8. The summed E-state index contributed by atoms with van der Waals surface area (Å²) < 4.78 is 42.5. The smallest absolute Gasteiger partial charge is 0.269 e. The number of hydrazone groups is 1. The third-order valence-corrected chi connectivity index (χ3v) is 5.02. The highest BCUT2D eigenvalue weighted by Crippen LogP contribution is 2.31. The van der Waals surface area contributed by atoms with Gasteiger partial charge in [0.2, 0.25) is 0 Å². The van der Waals surface area contributed by atoms with Crippen molar-refractivity contribution >= 4 is 23.0 Å². The lowest BCUT2D eigenvalue weighted by molar-refractivity contribution is -0.129. The van der Waals surface area contributed by atoms with E-state index in [1.807, 2.05) is 0 Å². The molecular formula is C22H19F3N4O. The van der Waals surface area contributed by atoms with E-state index < -0.39 is 23.6 Å². The molecule has 0 radical (unpaired) electrons. The van der Waals surface area contributed by atoms with Gasteiger partial charge >= 0.3 is 0 Å². The molecule has 0 aliphatic carbocycles. The third-order valence-electron chi connectivity index (χ3n) is 5.02. The molecule has 0 fully saturated rings. The molecule has 1 aliphatic heterocycles. The third kappa shape index (κ3) is 3.98. The molecule has 5 nitrogen and oxygen atoms in total. The molecule has 0 spiro atoms. The highest BCUT2D eigenvalue weighted by molar-refractivity contribution is 5.94. The fourth-order valence-corrected chi connectivity index (χ4v) is 3.55. The quantitative estimate of drug-likeness (QED) is 0.549. The lowest BCUT2D eigenvalue weighted by atomic mass is 10.0. The molecule has 154 valence electrons. The number of hydrogen-bond acceptors (Lipinski definition) is 3. The van der Waals surface area contributed by atoms with Crippen LogP contribution in [-0.2, 0) is 11.3 Å². The Kier molecular flexibility index (Phi) is 5.39. The van der Waals surface area contributed by atoms with E-state index in [9.17, 15) is 18.0 Å². The fraction of sp³-hybridized carbons (Fsp3) is 0.227. The lowest BCUT2D eigenvalue weighted by Crippen LogP contribution is -2.28. The van der Waals surface area contributed by atoms with E-state index in [0.29, 0.717) is 47.8 Å². The van der Waals surface area contributed by atoms with E-state index in [4.69, 9.17) is 0 Å². The number of benzene rings is 2. The molecule has 1 aliphatic rings. The van der Waals surface area contributed by atoms with Crippen molar-refractivity contribution in [1.82, 2.24) is 14.8 Å². The maximum absolute atomic E-state index is 13.8. The zero-order valence-electron chi connectivity index (χ0n) is 16.1. The summed E-state index contributed by atoms with van der Waals surface area (Å²) in [6.07, 6.45) is 4.50. The first kappa shape index (κ1) is 19.9. The van der Waals surface area contributed by atoms with Crippen LogP contribution in [-0.4, -0.2) is 26.9 Å². The Balaban J connectivity index is 1.38. The molecule has 1 atom stereocenters. The number of aromatic nitrogens is 2. The number of nitrogens with zero attached hydrogens (tertiary/aromatic N) is 4. The summed E-state index contributed by atoms with van der Waals surface area (Å²) in [6.45, 7) is 4.34. The minimum absolute atomic E-state index is 0.329. The Hall–Kier alpha value is -3.42. The predicted molar refractivity (Wildman–Crippen MR) is 107 cm³/mol. The Bertz CT molecular complexity index is 1130. The van der Waals surface area contributed by atoms with Gasteiger partial charge in [-0.25, -0.2) is 18.2 Å². The first-order valence-corrected chi connectivity index (χ1v) is 9.54. The molecule has 0 saturated heterocycles. The number of carbonyl (C=O) groups is 1. The van der Waals surface area contributed by atoms with Crippen LogP contribution in [0.15, 0.2) is 59.8 Å². The molecular weight excluding hydrogens is 393 g/mol. The van der Waals surface area contributed by atoms with E-state index in [-0.39, 0.29) is 5.82 Å². The van der Waals surface area contributed by atoms with Crippen LogP contribution >= 0.6 is 0 Å². The first-order chi connectivity index (χ1) is 14.4. The Morgan fingerprint density at radius 3 is 2.67 bits per heavy atom. The van der Waals surface area contributed by atoms with Crippen LogP contribution in [0.2, 0.25) is 0 Å². The SMILES string of the molecule is C=C(CCCn1cc2c(F)cccc2n1)C(=O)N1N=CCC1c1cc(F)cc(F)c1. The van der Waals surface area contributed by atoms with Gasteiger partial charge in [-0.1, -0.05) is 12.6 Å². The van der Waals surface area contributed by atoms with Crippen LogP contribution < -0.4 is 0 Å². The normalized spacial score (nSPS) is 15.8. The first-order valence-electron chi connectivity index (χ1n) is 9.54. The largest absolute Gasteiger partial charge is 0.271 e. The molecule has 4 rings (SSSR count). The lowest BCUT2D eigenvalue weighted by Gasteiger charge is -2.23. The Labute approximate surface area is 171 Å². The number of halogens is 3. The number of rotatable bonds is 6. The fourth-order valence-electron chi connectivity index (χ4n) is 3.55. The average Bonchev–Trinajstić information content (AvgIpc) is 3.34. The predicted octanol–water partition coefficient (Wildman–Crippen LogP) is 4.75. The molecule has 3 aromatic rings. The Morgan fingerprint density at radius 2 is 1.93 bits per heavy atom. The molecule has 0 saturated carbocycles. The van der Waals surface area contributed by atoms with Crippen molar-refractivity contribution in [3.63, 3.8) is 0 Å². The summed E-state index contributed by atoms with van der Waals surface area (Å²) in [5, 5.41) is 10.1. The minimum atomic E-state index is -0.703. The molecule has 30 heavy (non-hydrogen) atoms. The van der Waals surface area contributed by atoms with Crippen LogP contribution in [0.1, 0.15) is 30.9 Å². The monoisotopic (exact) mass is 412 g/mol. The van der Waals surface area contributed by atoms with Gasteiger partial charge in [0.05, 0.1) is 16.9 Å². The molecule has 0 bridgehead atoms. The van der Waals surface area contributed by atoms with Crippen LogP contribution in [0.3, 0.4) is 0 Å². The maximum Gasteiger partial charge on any atom is 0.269 e. The summed E-state index contributed by atoms with van der Waals surface area (Å²) in [5.41, 5.74) is 1.25. The van der Waals surface area contributed by atoms with E-state index in [1.54, 1.807) is 29.2 Å². The van der Waals surface area contributed by atoms with Crippen LogP contribution in [0.5, 0.6) is 0 Å². The minimum Gasteiger partial charge on any atom is -0.271 e. The van der Waals surface area contributed by atoms with Crippen molar-refractivity contribution in [1.29, 1.82) is 0 Å². The highest BCUT2D eigenvalue weighted by atomic mass is 19.1. The van der Waals surface area contributed by atoms with Gasteiger partial charge < -0.3 is 0 Å². The van der Waals surface area contributed by atoms with Crippen LogP contribution in [0.25, 0.3) is 10.9 Å². The van der Waals surface area contributed by atoms with Crippen molar-refractivity contribution in [2.24, 2.45) is 5.10 Å². The topological polar surface area (TPSA) is 50.5 Å². The second kappa shape index (κ2) is 8.14. The summed E-state index contributed by atoms with van der Waals surface area (Å²) in [7, 11) is 0. The number of fused-ring (bicyclic) bond motifs is 1. The molecule has 1 unspecified atom stereocenters. The van der Waals surface area contributed by atoms with Crippen molar-refractivity contribution in [2.45, 2.75) is 31.8 Å². The van der Waals surface area contributed by atoms with E-state index >= 15 is 0 Å². The van der Waals surface area contributed by atoms with E-state index in [1.165, 1.54) is 23.2 Å². The average molecular weight is 412 g/mol. The molecule has 2 aromatic carbocycles. The molecule has 1 aromatic heterocycles. The molecule has 1 amide bonds. The van der Waals surface area contributed by atoms with Crippen LogP contribution in [0, 0.1) is 17.5 Å². The second-order valence-corrected chi connectivity index (χ2v) is 7.17. The van der Waals surface area contributed by atoms with E-state index in [0.717, 1.165) is 6.07 Å². The summed E-state index contributed by atoms with van der Waals surface area (Å²) in [5.74, 6) is -2.13. The zero-order valence-corrected chi connectivity index (χ0v) is 16.1.